The third-order valence-corrected chi connectivity index (χ3v) is 3.23. The van der Waals surface area contributed by atoms with E-state index < -0.39 is 5.97 Å². The molecule has 0 saturated carbocycles. The highest BCUT2D eigenvalue weighted by Gasteiger charge is 2.18. The Hall–Kier alpha value is -1.88. The summed E-state index contributed by atoms with van der Waals surface area (Å²) in [4.78, 5) is 24.2. The van der Waals surface area contributed by atoms with Gasteiger partial charge in [0.25, 0.3) is 0 Å². The van der Waals surface area contributed by atoms with E-state index in [-0.39, 0.29) is 11.9 Å². The van der Waals surface area contributed by atoms with Gasteiger partial charge in [-0.25, -0.2) is 4.79 Å². The standard InChI is InChI=1S/C14H20N2O3/c1-3-12(13(15)17)16(2)9-8-10-6-4-5-7-11(10)14(18)19/h4-7,12H,3,8-9H2,1-2H3,(H2,15,17)(H,18,19). The molecule has 0 radical (unpaired) electrons. The van der Waals surface area contributed by atoms with Gasteiger partial charge in [0.1, 0.15) is 0 Å². The third-order valence-electron chi connectivity index (χ3n) is 3.23. The normalized spacial score (nSPS) is 12.4. The number of hydrogen-bond donors (Lipinski definition) is 2. The maximum Gasteiger partial charge on any atom is 0.335 e. The van der Waals surface area contributed by atoms with Crippen LogP contribution in [0.15, 0.2) is 24.3 Å². The molecule has 0 spiro atoms. The number of carbonyl (C=O) groups is 2. The zero-order chi connectivity index (χ0) is 14.4. The van der Waals surface area contributed by atoms with Crippen LogP contribution < -0.4 is 5.73 Å². The number of carbonyl (C=O) groups excluding carboxylic acids is 1. The first-order valence-corrected chi connectivity index (χ1v) is 6.28. The summed E-state index contributed by atoms with van der Waals surface area (Å²) in [6.45, 7) is 2.49. The van der Waals surface area contributed by atoms with Crippen LogP contribution in [0.4, 0.5) is 0 Å². The van der Waals surface area contributed by atoms with Crippen molar-refractivity contribution in [3.63, 3.8) is 0 Å². The molecule has 1 aromatic rings. The van der Waals surface area contributed by atoms with Crippen molar-refractivity contribution < 1.29 is 14.7 Å². The highest BCUT2D eigenvalue weighted by atomic mass is 16.4. The van der Waals surface area contributed by atoms with E-state index >= 15 is 0 Å². The fourth-order valence-corrected chi connectivity index (χ4v) is 2.13. The first-order chi connectivity index (χ1) is 8.97. The molecule has 0 fully saturated rings. The number of likely N-dealkylation sites (N-methyl/N-ethyl adjacent to an activating group) is 1. The molecule has 19 heavy (non-hydrogen) atoms. The smallest absolute Gasteiger partial charge is 0.335 e. The van der Waals surface area contributed by atoms with Gasteiger partial charge >= 0.3 is 5.97 Å². The number of hydrogen-bond acceptors (Lipinski definition) is 3. The van der Waals surface area contributed by atoms with Gasteiger partial charge in [0.05, 0.1) is 11.6 Å². The van der Waals surface area contributed by atoms with Crippen LogP contribution in [-0.4, -0.2) is 41.5 Å². The maximum absolute atomic E-state index is 11.2. The van der Waals surface area contributed by atoms with Crippen LogP contribution in [0.2, 0.25) is 0 Å². The molecule has 0 aromatic heterocycles. The summed E-state index contributed by atoms with van der Waals surface area (Å²) < 4.78 is 0. The van der Waals surface area contributed by atoms with Crippen LogP contribution in [0.3, 0.4) is 0 Å². The van der Waals surface area contributed by atoms with Crippen LogP contribution in [0, 0.1) is 0 Å². The number of nitrogens with two attached hydrogens (primary N) is 1. The van der Waals surface area contributed by atoms with E-state index in [9.17, 15) is 9.59 Å². The molecular formula is C14H20N2O3. The Labute approximate surface area is 113 Å². The molecule has 0 bridgehead atoms. The fourth-order valence-electron chi connectivity index (χ4n) is 2.13. The van der Waals surface area contributed by atoms with Gasteiger partial charge in [-0.3, -0.25) is 9.69 Å². The molecule has 1 atom stereocenters. The van der Waals surface area contributed by atoms with Gasteiger partial charge in [-0.15, -0.1) is 0 Å². The van der Waals surface area contributed by atoms with Crippen molar-refractivity contribution in [3.8, 4) is 0 Å². The van der Waals surface area contributed by atoms with E-state index in [1.807, 2.05) is 24.9 Å². The summed E-state index contributed by atoms with van der Waals surface area (Å²) in [5.74, 6) is -1.28. The number of benzene rings is 1. The Bertz CT molecular complexity index is 460. The zero-order valence-corrected chi connectivity index (χ0v) is 11.3. The number of carboxylic acid groups (broad SMARTS) is 1. The molecule has 0 aliphatic carbocycles. The number of rotatable bonds is 7. The Morgan fingerprint density at radius 2 is 2.00 bits per heavy atom. The minimum atomic E-state index is -0.930. The molecule has 5 heteroatoms. The van der Waals surface area contributed by atoms with Gasteiger partial charge in [0.15, 0.2) is 0 Å². The predicted molar refractivity (Wildman–Crippen MR) is 73.0 cm³/mol. The lowest BCUT2D eigenvalue weighted by atomic mass is 10.0. The second-order valence-electron chi connectivity index (χ2n) is 4.52. The molecule has 1 rings (SSSR count). The van der Waals surface area contributed by atoms with Gasteiger partial charge in [-0.2, -0.15) is 0 Å². The molecule has 0 aliphatic heterocycles. The fraction of sp³-hybridized carbons (Fsp3) is 0.429. The van der Waals surface area contributed by atoms with Crippen molar-refractivity contribution in [2.45, 2.75) is 25.8 Å². The second kappa shape index (κ2) is 6.89. The van der Waals surface area contributed by atoms with Crippen molar-refractivity contribution in [2.24, 2.45) is 5.73 Å². The van der Waals surface area contributed by atoms with E-state index in [0.717, 1.165) is 5.56 Å². The first kappa shape index (κ1) is 15.2. The molecular weight excluding hydrogens is 244 g/mol. The van der Waals surface area contributed by atoms with Crippen LogP contribution in [0.25, 0.3) is 0 Å². The Balaban J connectivity index is 2.71. The molecule has 5 nitrogen and oxygen atoms in total. The summed E-state index contributed by atoms with van der Waals surface area (Å²) in [5, 5.41) is 9.09. The summed E-state index contributed by atoms with van der Waals surface area (Å²) in [6.07, 6.45) is 1.22. The lowest BCUT2D eigenvalue weighted by molar-refractivity contribution is -0.122. The topological polar surface area (TPSA) is 83.6 Å². The van der Waals surface area contributed by atoms with Gasteiger partial charge in [-0.05, 0) is 31.5 Å². The van der Waals surface area contributed by atoms with Crippen molar-refractivity contribution in [1.82, 2.24) is 4.90 Å². The molecule has 104 valence electrons. The van der Waals surface area contributed by atoms with Gasteiger partial charge < -0.3 is 10.8 Å². The number of amides is 1. The lowest BCUT2D eigenvalue weighted by Gasteiger charge is -2.24. The number of carboxylic acids is 1. The summed E-state index contributed by atoms with van der Waals surface area (Å²) in [7, 11) is 1.82. The largest absolute Gasteiger partial charge is 0.478 e. The maximum atomic E-state index is 11.2. The van der Waals surface area contributed by atoms with Gasteiger partial charge in [0, 0.05) is 6.54 Å². The van der Waals surface area contributed by atoms with E-state index in [2.05, 4.69) is 0 Å². The number of primary amides is 1. The summed E-state index contributed by atoms with van der Waals surface area (Å²) in [6, 6.07) is 6.59. The SMILES string of the molecule is CCC(C(N)=O)N(C)CCc1ccccc1C(=O)O. The molecule has 1 unspecified atom stereocenters. The average molecular weight is 264 g/mol. The van der Waals surface area contributed by atoms with Crippen LogP contribution in [0.1, 0.15) is 29.3 Å². The van der Waals surface area contributed by atoms with Crippen LogP contribution in [0.5, 0.6) is 0 Å². The minimum absolute atomic E-state index is 0.308. The second-order valence-corrected chi connectivity index (χ2v) is 4.52. The highest BCUT2D eigenvalue weighted by Crippen LogP contribution is 2.11. The van der Waals surface area contributed by atoms with Crippen molar-refractivity contribution in [2.75, 3.05) is 13.6 Å². The number of nitrogens with zero attached hydrogens (tertiary/aromatic N) is 1. The van der Waals surface area contributed by atoms with E-state index in [0.29, 0.717) is 24.9 Å². The average Bonchev–Trinajstić information content (AvgIpc) is 2.37. The van der Waals surface area contributed by atoms with Gasteiger partial charge in [0.2, 0.25) is 5.91 Å². The van der Waals surface area contributed by atoms with Crippen molar-refractivity contribution >= 4 is 11.9 Å². The zero-order valence-electron chi connectivity index (χ0n) is 11.3. The third kappa shape index (κ3) is 4.06. The van der Waals surface area contributed by atoms with Crippen molar-refractivity contribution in [1.29, 1.82) is 0 Å². The van der Waals surface area contributed by atoms with Crippen LogP contribution in [-0.2, 0) is 11.2 Å². The molecule has 0 heterocycles. The molecule has 1 aromatic carbocycles. The molecule has 1 amide bonds. The van der Waals surface area contributed by atoms with E-state index in [1.54, 1.807) is 18.2 Å². The Morgan fingerprint density at radius 1 is 1.37 bits per heavy atom. The number of aromatic carboxylic acids is 1. The predicted octanol–water partition coefficient (Wildman–Crippen LogP) is 1.12. The summed E-state index contributed by atoms with van der Waals surface area (Å²) in [5.41, 5.74) is 6.39. The monoisotopic (exact) mass is 264 g/mol. The van der Waals surface area contributed by atoms with E-state index in [1.165, 1.54) is 0 Å². The summed E-state index contributed by atoms with van der Waals surface area (Å²) >= 11 is 0. The van der Waals surface area contributed by atoms with Crippen molar-refractivity contribution in [3.05, 3.63) is 35.4 Å². The van der Waals surface area contributed by atoms with E-state index in [4.69, 9.17) is 10.8 Å². The van der Waals surface area contributed by atoms with Gasteiger partial charge in [-0.1, -0.05) is 25.1 Å². The van der Waals surface area contributed by atoms with Crippen LogP contribution >= 0.6 is 0 Å². The Kier molecular flexibility index (Phi) is 5.51. The first-order valence-electron chi connectivity index (χ1n) is 6.28. The molecule has 0 saturated heterocycles. The Morgan fingerprint density at radius 3 is 2.53 bits per heavy atom. The molecule has 0 aliphatic rings. The molecule has 3 N–H and O–H groups in total. The lowest BCUT2D eigenvalue weighted by Crippen LogP contribution is -2.43. The highest BCUT2D eigenvalue weighted by molar-refractivity contribution is 5.89. The minimum Gasteiger partial charge on any atom is -0.478 e. The quantitative estimate of drug-likeness (QED) is 0.773.